The van der Waals surface area contributed by atoms with Gasteiger partial charge in [-0.15, -0.1) is 4.68 Å². The van der Waals surface area contributed by atoms with Crippen LogP contribution in [0.15, 0.2) is 83.9 Å². The highest BCUT2D eigenvalue weighted by atomic mass is 35.5. The minimum absolute atomic E-state index is 0. The van der Waals surface area contributed by atoms with Crippen LogP contribution in [0, 0.1) is 0 Å². The molecule has 5 rings (SSSR count). The van der Waals surface area contributed by atoms with Gasteiger partial charge in [0.25, 0.3) is 0 Å². The van der Waals surface area contributed by atoms with Crippen LogP contribution in [0.1, 0.15) is 17.0 Å². The van der Waals surface area contributed by atoms with Gasteiger partial charge in [-0.05, 0) is 30.3 Å². The number of rotatable bonds is 3. The summed E-state index contributed by atoms with van der Waals surface area (Å²) in [4.78, 5) is 4.95. The maximum Gasteiger partial charge on any atom is 0.387 e. The van der Waals surface area contributed by atoms with Gasteiger partial charge in [-0.3, -0.25) is 10.3 Å². The zero-order valence-corrected chi connectivity index (χ0v) is 17.8. The van der Waals surface area contributed by atoms with Crippen LogP contribution in [0.5, 0.6) is 0 Å². The van der Waals surface area contributed by atoms with Gasteiger partial charge in [0.1, 0.15) is 12.2 Å². The molecule has 1 aromatic heterocycles. The van der Waals surface area contributed by atoms with Gasteiger partial charge < -0.3 is 12.4 Å². The third kappa shape index (κ3) is 3.58. The molecule has 4 aromatic rings. The lowest BCUT2D eigenvalue weighted by atomic mass is 10.0. The van der Waals surface area contributed by atoms with Crippen molar-refractivity contribution in [3.8, 4) is 5.69 Å². The summed E-state index contributed by atoms with van der Waals surface area (Å²) in [5, 5.41) is 8.83. The molecule has 0 atom stereocenters. The van der Waals surface area contributed by atoms with Crippen LogP contribution in [0.3, 0.4) is 0 Å². The molecular weight excluding hydrogens is 417 g/mol. The molecule has 0 radical (unpaired) electrons. The molecule has 30 heavy (non-hydrogen) atoms. The standard InChI is InChI=1S/C23H19ClN5.ClH/c1-28-21-15-25-22(16-8-4-2-5-9-16)19-14-17(24)12-13-20(19)29(21)23(27-28)26-18-10-6-3-7-11-18;/h2-14H,15H2,1H3,(H,26,27);1H/q+1;/p-1. The number of hydrogen-bond donors (Lipinski definition) is 1. The maximum atomic E-state index is 6.38. The van der Waals surface area contributed by atoms with Crippen LogP contribution in [0.4, 0.5) is 11.6 Å². The monoisotopic (exact) mass is 435 g/mol. The fourth-order valence-corrected chi connectivity index (χ4v) is 3.81. The Labute approximate surface area is 186 Å². The number of para-hydroxylation sites is 1. The van der Waals surface area contributed by atoms with Crippen molar-refractivity contribution in [3.63, 3.8) is 0 Å². The van der Waals surface area contributed by atoms with E-state index >= 15 is 0 Å². The molecule has 150 valence electrons. The highest BCUT2D eigenvalue weighted by Crippen LogP contribution is 2.25. The fourth-order valence-electron chi connectivity index (χ4n) is 3.64. The first-order valence-corrected chi connectivity index (χ1v) is 9.78. The van der Waals surface area contributed by atoms with Gasteiger partial charge in [0.15, 0.2) is 0 Å². The van der Waals surface area contributed by atoms with E-state index in [1.807, 2.05) is 78.5 Å². The summed E-state index contributed by atoms with van der Waals surface area (Å²) in [6.07, 6.45) is 0. The predicted octanol–water partition coefficient (Wildman–Crippen LogP) is 1.45. The largest absolute Gasteiger partial charge is 1.00 e. The van der Waals surface area contributed by atoms with E-state index in [2.05, 4.69) is 22.0 Å². The Bertz CT molecular complexity index is 1220. The predicted molar refractivity (Wildman–Crippen MR) is 115 cm³/mol. The molecule has 0 fully saturated rings. The van der Waals surface area contributed by atoms with Gasteiger partial charge in [0.2, 0.25) is 5.82 Å². The molecule has 1 aliphatic rings. The second kappa shape index (κ2) is 8.30. The molecule has 5 nitrogen and oxygen atoms in total. The van der Waals surface area contributed by atoms with E-state index in [-0.39, 0.29) is 12.4 Å². The molecule has 0 amide bonds. The van der Waals surface area contributed by atoms with Crippen LogP contribution >= 0.6 is 11.6 Å². The van der Waals surface area contributed by atoms with Crippen molar-refractivity contribution in [3.05, 3.63) is 101 Å². The average Bonchev–Trinajstić information content (AvgIpc) is 2.94. The second-order valence-corrected chi connectivity index (χ2v) is 7.32. The lowest BCUT2D eigenvalue weighted by molar-refractivity contribution is -0.590. The summed E-state index contributed by atoms with van der Waals surface area (Å²) >= 11 is 6.38. The quantitative estimate of drug-likeness (QED) is 0.495. The van der Waals surface area contributed by atoms with E-state index in [9.17, 15) is 0 Å². The smallest absolute Gasteiger partial charge is 0.387 e. The van der Waals surface area contributed by atoms with Crippen molar-refractivity contribution in [2.24, 2.45) is 12.0 Å². The molecule has 2 heterocycles. The summed E-state index contributed by atoms with van der Waals surface area (Å²) in [6.45, 7) is 0.510. The van der Waals surface area contributed by atoms with Crippen molar-refractivity contribution in [2.75, 3.05) is 5.32 Å². The Morgan fingerprint density at radius 1 is 0.967 bits per heavy atom. The van der Waals surface area contributed by atoms with Crippen LogP contribution in [-0.4, -0.2) is 15.5 Å². The molecule has 0 unspecified atom stereocenters. The van der Waals surface area contributed by atoms with Crippen LogP contribution < -0.4 is 22.3 Å². The van der Waals surface area contributed by atoms with Crippen molar-refractivity contribution in [1.82, 2.24) is 9.78 Å². The average molecular weight is 436 g/mol. The minimum Gasteiger partial charge on any atom is -1.00 e. The number of aromatic nitrogens is 3. The zero-order valence-electron chi connectivity index (χ0n) is 16.3. The third-order valence-electron chi connectivity index (χ3n) is 5.00. The van der Waals surface area contributed by atoms with Gasteiger partial charge >= 0.3 is 5.95 Å². The third-order valence-corrected chi connectivity index (χ3v) is 5.23. The number of fused-ring (bicyclic) bond motifs is 3. The number of benzene rings is 3. The molecule has 0 aliphatic carbocycles. The highest BCUT2D eigenvalue weighted by Gasteiger charge is 2.30. The second-order valence-electron chi connectivity index (χ2n) is 6.88. The van der Waals surface area contributed by atoms with E-state index in [0.29, 0.717) is 11.6 Å². The van der Waals surface area contributed by atoms with Gasteiger partial charge in [0.05, 0.1) is 18.4 Å². The summed E-state index contributed by atoms with van der Waals surface area (Å²) in [5.41, 5.74) is 4.95. The van der Waals surface area contributed by atoms with Gasteiger partial charge in [-0.2, -0.15) is 4.57 Å². The number of aryl methyl sites for hydroxylation is 1. The van der Waals surface area contributed by atoms with E-state index in [1.165, 1.54) is 0 Å². The van der Waals surface area contributed by atoms with E-state index in [1.54, 1.807) is 0 Å². The number of aliphatic imine (C=N–C) groups is 1. The van der Waals surface area contributed by atoms with E-state index in [0.717, 1.165) is 40.0 Å². The maximum absolute atomic E-state index is 6.38. The molecule has 3 aromatic carbocycles. The van der Waals surface area contributed by atoms with Crippen molar-refractivity contribution < 1.29 is 17.0 Å². The van der Waals surface area contributed by atoms with Crippen LogP contribution in [0.2, 0.25) is 5.02 Å². The number of nitrogens with one attached hydrogen (secondary N) is 1. The van der Waals surface area contributed by atoms with E-state index in [4.69, 9.17) is 21.7 Å². The molecule has 7 heteroatoms. The normalized spacial score (nSPS) is 12.1. The molecule has 0 spiro atoms. The Kier molecular flexibility index (Phi) is 5.57. The Hall–Kier alpha value is -3.15. The van der Waals surface area contributed by atoms with Crippen molar-refractivity contribution in [2.45, 2.75) is 6.54 Å². The van der Waals surface area contributed by atoms with Gasteiger partial charge in [-0.1, -0.05) is 60.1 Å². The summed E-state index contributed by atoms with van der Waals surface area (Å²) in [6, 6.07) is 26.2. The first-order chi connectivity index (χ1) is 14.2. The lowest BCUT2D eigenvalue weighted by Gasteiger charge is -2.11. The van der Waals surface area contributed by atoms with Crippen LogP contribution in [0.25, 0.3) is 5.69 Å². The summed E-state index contributed by atoms with van der Waals surface area (Å²) in [5.74, 6) is 1.72. The van der Waals surface area contributed by atoms with Gasteiger partial charge in [-0.25, -0.2) is 0 Å². The van der Waals surface area contributed by atoms with Gasteiger partial charge in [0, 0.05) is 21.2 Å². The van der Waals surface area contributed by atoms with Crippen molar-refractivity contribution in [1.29, 1.82) is 0 Å². The number of halogens is 2. The first kappa shape index (κ1) is 20.1. The van der Waals surface area contributed by atoms with E-state index < -0.39 is 0 Å². The topological polar surface area (TPSA) is 46.1 Å². The highest BCUT2D eigenvalue weighted by molar-refractivity contribution is 6.31. The Balaban J connectivity index is 0.00000218. The number of nitrogens with zero attached hydrogens (tertiary/aromatic N) is 4. The fraction of sp³-hybridized carbons (Fsp3) is 0.0870. The molecule has 0 bridgehead atoms. The van der Waals surface area contributed by atoms with Crippen molar-refractivity contribution >= 4 is 28.9 Å². The number of anilines is 2. The molecular formula is C23H19Cl2N5. The summed E-state index contributed by atoms with van der Waals surface area (Å²) < 4.78 is 4.00. The zero-order chi connectivity index (χ0) is 19.8. The Morgan fingerprint density at radius 3 is 2.40 bits per heavy atom. The molecule has 0 saturated heterocycles. The first-order valence-electron chi connectivity index (χ1n) is 9.41. The molecule has 0 saturated carbocycles. The summed E-state index contributed by atoms with van der Waals surface area (Å²) in [7, 11) is 1.95. The minimum atomic E-state index is 0. The SMILES string of the molecule is Cn1nc(Nc2ccccc2)[n+]2c1CN=C(c1ccccc1)c1cc(Cl)ccc1-2.[Cl-]. The molecule has 1 N–H and O–H groups in total. The molecule has 1 aliphatic heterocycles. The lowest BCUT2D eigenvalue weighted by Crippen LogP contribution is -3.00. The van der Waals surface area contributed by atoms with Crippen LogP contribution in [-0.2, 0) is 13.6 Å². The Morgan fingerprint density at radius 2 is 1.67 bits per heavy atom. The number of hydrogen-bond acceptors (Lipinski definition) is 3.